The molecule has 0 radical (unpaired) electrons. The van der Waals surface area contributed by atoms with Gasteiger partial charge in [0.2, 0.25) is 0 Å². The predicted molar refractivity (Wildman–Crippen MR) is 75.9 cm³/mol. The molecule has 102 valence electrons. The first kappa shape index (κ1) is 14.1. The summed E-state index contributed by atoms with van der Waals surface area (Å²) in [5.74, 6) is -0.372. The minimum atomic E-state index is -0.935. The third-order valence-corrected chi connectivity index (χ3v) is 4.48. The third kappa shape index (κ3) is 2.98. The molecule has 0 atom stereocenters. The van der Waals surface area contributed by atoms with E-state index >= 15 is 0 Å². The predicted octanol–water partition coefficient (Wildman–Crippen LogP) is 3.08. The molecule has 0 unspecified atom stereocenters. The second-order valence-corrected chi connectivity index (χ2v) is 5.63. The zero-order valence-electron chi connectivity index (χ0n) is 10.5. The van der Waals surface area contributed by atoms with Crippen molar-refractivity contribution in [1.29, 1.82) is 0 Å². The summed E-state index contributed by atoms with van der Waals surface area (Å²) in [6, 6.07) is 1.53. The van der Waals surface area contributed by atoms with Gasteiger partial charge < -0.3 is 9.84 Å². The number of carboxylic acids is 1. The number of aryl methyl sites for hydroxylation is 2. The SMILES string of the molecule is CCc1nn(C)c(COc2csc(C(=O)O)c2)c1Br. The van der Waals surface area contributed by atoms with Gasteiger partial charge >= 0.3 is 5.97 Å². The van der Waals surface area contributed by atoms with E-state index in [1.165, 1.54) is 6.07 Å². The molecule has 2 aromatic rings. The topological polar surface area (TPSA) is 64.4 Å². The van der Waals surface area contributed by atoms with Gasteiger partial charge in [0.15, 0.2) is 0 Å². The minimum Gasteiger partial charge on any atom is -0.486 e. The largest absolute Gasteiger partial charge is 0.486 e. The fraction of sp³-hybridized carbons (Fsp3) is 0.333. The number of aromatic carboxylic acids is 1. The van der Waals surface area contributed by atoms with Crippen molar-refractivity contribution < 1.29 is 14.6 Å². The molecule has 0 aliphatic heterocycles. The fourth-order valence-electron chi connectivity index (χ4n) is 1.63. The number of ether oxygens (including phenoxy) is 1. The van der Waals surface area contributed by atoms with Crippen LogP contribution in [0.15, 0.2) is 15.9 Å². The van der Waals surface area contributed by atoms with Crippen molar-refractivity contribution in [3.63, 3.8) is 0 Å². The summed E-state index contributed by atoms with van der Waals surface area (Å²) in [6.45, 7) is 2.38. The van der Waals surface area contributed by atoms with Crippen LogP contribution in [-0.2, 0) is 20.1 Å². The molecule has 0 bridgehead atoms. The van der Waals surface area contributed by atoms with E-state index in [0.29, 0.717) is 12.4 Å². The monoisotopic (exact) mass is 344 g/mol. The number of hydrogen-bond acceptors (Lipinski definition) is 4. The van der Waals surface area contributed by atoms with Gasteiger partial charge in [-0.15, -0.1) is 11.3 Å². The fourth-order valence-corrected chi connectivity index (χ4v) is 3.03. The number of nitrogens with zero attached hydrogens (tertiary/aromatic N) is 2. The molecule has 2 heterocycles. The van der Waals surface area contributed by atoms with Gasteiger partial charge in [0.1, 0.15) is 17.2 Å². The summed E-state index contributed by atoms with van der Waals surface area (Å²) in [7, 11) is 1.86. The molecule has 0 saturated heterocycles. The Morgan fingerprint density at radius 1 is 1.63 bits per heavy atom. The molecule has 0 aliphatic rings. The normalized spacial score (nSPS) is 10.7. The van der Waals surface area contributed by atoms with E-state index < -0.39 is 5.97 Å². The van der Waals surface area contributed by atoms with Gasteiger partial charge in [-0.3, -0.25) is 4.68 Å². The lowest BCUT2D eigenvalue weighted by Gasteiger charge is -2.04. The summed E-state index contributed by atoms with van der Waals surface area (Å²) in [6.07, 6.45) is 0.843. The van der Waals surface area contributed by atoms with Gasteiger partial charge in [-0.1, -0.05) is 6.92 Å². The van der Waals surface area contributed by atoms with Crippen molar-refractivity contribution in [3.05, 3.63) is 32.2 Å². The highest BCUT2D eigenvalue weighted by Gasteiger charge is 2.14. The van der Waals surface area contributed by atoms with E-state index in [0.717, 1.165) is 33.6 Å². The van der Waals surface area contributed by atoms with Crippen LogP contribution in [0.1, 0.15) is 28.0 Å². The Bertz CT molecular complexity index is 606. The summed E-state index contributed by atoms with van der Waals surface area (Å²) >= 11 is 4.66. The molecule has 2 aromatic heterocycles. The van der Waals surface area contributed by atoms with Crippen LogP contribution in [-0.4, -0.2) is 20.9 Å². The number of carboxylic acid groups (broad SMARTS) is 1. The second kappa shape index (κ2) is 5.75. The van der Waals surface area contributed by atoms with Crippen LogP contribution in [0.25, 0.3) is 0 Å². The van der Waals surface area contributed by atoms with Gasteiger partial charge in [0, 0.05) is 18.5 Å². The third-order valence-electron chi connectivity index (χ3n) is 2.66. The van der Waals surface area contributed by atoms with Gasteiger partial charge in [0.25, 0.3) is 0 Å². The molecule has 2 rings (SSSR count). The molecule has 0 spiro atoms. The Labute approximate surface area is 122 Å². The Kier molecular flexibility index (Phi) is 4.26. The first-order valence-electron chi connectivity index (χ1n) is 5.67. The first-order chi connectivity index (χ1) is 9.02. The van der Waals surface area contributed by atoms with Crippen LogP contribution in [0.5, 0.6) is 5.75 Å². The van der Waals surface area contributed by atoms with Crippen LogP contribution in [0, 0.1) is 0 Å². The average molecular weight is 345 g/mol. The lowest BCUT2D eigenvalue weighted by atomic mass is 10.3. The summed E-state index contributed by atoms with van der Waals surface area (Å²) in [5.41, 5.74) is 1.91. The summed E-state index contributed by atoms with van der Waals surface area (Å²) < 4.78 is 8.32. The van der Waals surface area contributed by atoms with E-state index in [1.807, 2.05) is 14.0 Å². The quantitative estimate of drug-likeness (QED) is 0.905. The molecule has 7 heteroatoms. The second-order valence-electron chi connectivity index (χ2n) is 3.93. The highest BCUT2D eigenvalue weighted by atomic mass is 79.9. The number of aromatic nitrogens is 2. The Morgan fingerprint density at radius 2 is 2.37 bits per heavy atom. The Morgan fingerprint density at radius 3 is 2.89 bits per heavy atom. The van der Waals surface area contributed by atoms with Gasteiger partial charge in [-0.25, -0.2) is 4.79 Å². The average Bonchev–Trinajstić information content (AvgIpc) is 2.93. The lowest BCUT2D eigenvalue weighted by Crippen LogP contribution is -2.03. The molecule has 19 heavy (non-hydrogen) atoms. The van der Waals surface area contributed by atoms with Crippen molar-refractivity contribution in [2.45, 2.75) is 20.0 Å². The van der Waals surface area contributed by atoms with Crippen LogP contribution in [0.4, 0.5) is 0 Å². The Balaban J connectivity index is 2.09. The zero-order valence-corrected chi connectivity index (χ0v) is 12.9. The molecule has 1 N–H and O–H groups in total. The molecular weight excluding hydrogens is 332 g/mol. The Hall–Kier alpha value is -1.34. The van der Waals surface area contributed by atoms with E-state index in [4.69, 9.17) is 9.84 Å². The molecule has 0 saturated carbocycles. The minimum absolute atomic E-state index is 0.272. The molecule has 0 amide bonds. The summed E-state index contributed by atoms with van der Waals surface area (Å²) in [4.78, 5) is 11.0. The van der Waals surface area contributed by atoms with Gasteiger partial charge in [-0.2, -0.15) is 5.10 Å². The molecule has 0 fully saturated rings. The van der Waals surface area contributed by atoms with Crippen LogP contribution in [0.2, 0.25) is 0 Å². The smallest absolute Gasteiger partial charge is 0.346 e. The van der Waals surface area contributed by atoms with Crippen LogP contribution in [0.3, 0.4) is 0 Å². The van der Waals surface area contributed by atoms with Crippen LogP contribution < -0.4 is 4.74 Å². The maximum Gasteiger partial charge on any atom is 0.346 e. The van der Waals surface area contributed by atoms with Crippen molar-refractivity contribution >= 4 is 33.2 Å². The maximum absolute atomic E-state index is 10.8. The number of halogens is 1. The number of rotatable bonds is 5. The molecule has 5 nitrogen and oxygen atoms in total. The molecule has 0 aliphatic carbocycles. The van der Waals surface area contributed by atoms with Gasteiger partial charge in [-0.05, 0) is 22.4 Å². The van der Waals surface area contributed by atoms with Crippen molar-refractivity contribution in [3.8, 4) is 5.75 Å². The van der Waals surface area contributed by atoms with E-state index in [2.05, 4.69) is 21.0 Å². The van der Waals surface area contributed by atoms with E-state index in [-0.39, 0.29) is 4.88 Å². The van der Waals surface area contributed by atoms with E-state index in [9.17, 15) is 4.79 Å². The maximum atomic E-state index is 10.8. The number of hydrogen-bond donors (Lipinski definition) is 1. The van der Waals surface area contributed by atoms with Crippen molar-refractivity contribution in [2.24, 2.45) is 7.05 Å². The number of thiophene rings is 1. The van der Waals surface area contributed by atoms with Gasteiger partial charge in [0.05, 0.1) is 15.9 Å². The van der Waals surface area contributed by atoms with Crippen LogP contribution >= 0.6 is 27.3 Å². The zero-order chi connectivity index (χ0) is 14.0. The van der Waals surface area contributed by atoms with Crippen molar-refractivity contribution in [2.75, 3.05) is 0 Å². The molecular formula is C12H13BrN2O3S. The first-order valence-corrected chi connectivity index (χ1v) is 7.35. The molecule has 0 aromatic carbocycles. The highest BCUT2D eigenvalue weighted by Crippen LogP contribution is 2.25. The highest BCUT2D eigenvalue weighted by molar-refractivity contribution is 9.10. The number of carbonyl (C=O) groups is 1. The van der Waals surface area contributed by atoms with E-state index in [1.54, 1.807) is 10.1 Å². The standard InChI is InChI=1S/C12H13BrN2O3S/c1-3-8-11(13)9(15(2)14-8)5-18-7-4-10(12(16)17)19-6-7/h4,6H,3,5H2,1-2H3,(H,16,17). The summed E-state index contributed by atoms with van der Waals surface area (Å²) in [5, 5.41) is 14.9. The lowest BCUT2D eigenvalue weighted by molar-refractivity contribution is 0.0702. The van der Waals surface area contributed by atoms with Crippen molar-refractivity contribution in [1.82, 2.24) is 9.78 Å².